The van der Waals surface area contributed by atoms with Gasteiger partial charge in [-0.05, 0) is 31.9 Å². The number of rotatable bonds is 4. The van der Waals surface area contributed by atoms with E-state index in [0.29, 0.717) is 18.7 Å². The molecule has 1 aromatic heterocycles. The van der Waals surface area contributed by atoms with E-state index in [4.69, 9.17) is 0 Å². The smallest absolute Gasteiger partial charge is 0.333 e. The second-order valence-electron chi connectivity index (χ2n) is 5.83. The second-order valence-corrected chi connectivity index (χ2v) is 5.83. The van der Waals surface area contributed by atoms with Crippen LogP contribution in [0.5, 0.6) is 0 Å². The van der Waals surface area contributed by atoms with Crippen molar-refractivity contribution in [1.82, 2.24) is 9.78 Å². The van der Waals surface area contributed by atoms with E-state index in [1.807, 2.05) is 30.3 Å². The maximum atomic E-state index is 12.8. The average Bonchev–Trinajstić information content (AvgIpc) is 2.84. The fraction of sp³-hybridized carbons (Fsp3) is 0.375. The van der Waals surface area contributed by atoms with Crippen molar-refractivity contribution in [3.63, 3.8) is 0 Å². The van der Waals surface area contributed by atoms with Crippen molar-refractivity contribution in [3.8, 4) is 0 Å². The van der Waals surface area contributed by atoms with Gasteiger partial charge in [0.05, 0.1) is 4.92 Å². The van der Waals surface area contributed by atoms with E-state index in [2.05, 4.69) is 10.4 Å². The predicted octanol–water partition coefficient (Wildman–Crippen LogP) is 2.24. The minimum absolute atomic E-state index is 0.0814. The number of nitro groups is 1. The minimum atomic E-state index is -0.507. The molecule has 1 aromatic carbocycles. The van der Waals surface area contributed by atoms with Crippen molar-refractivity contribution in [1.29, 1.82) is 0 Å². The SMILES string of the molecule is Cc1nn(C)c(NC2CCCN(c3ccccc3)C2=O)c1[N+](=O)[O-]. The third-order valence-electron chi connectivity index (χ3n) is 4.19. The molecule has 1 atom stereocenters. The van der Waals surface area contributed by atoms with Gasteiger partial charge in [-0.1, -0.05) is 18.2 Å². The zero-order valence-corrected chi connectivity index (χ0v) is 13.6. The van der Waals surface area contributed by atoms with Crippen molar-refractivity contribution >= 4 is 23.1 Å². The van der Waals surface area contributed by atoms with Crippen LogP contribution in [0, 0.1) is 17.0 Å². The zero-order chi connectivity index (χ0) is 17.3. The van der Waals surface area contributed by atoms with Gasteiger partial charge in [0.1, 0.15) is 11.7 Å². The number of hydrogen-bond donors (Lipinski definition) is 1. The monoisotopic (exact) mass is 329 g/mol. The molecule has 2 heterocycles. The van der Waals surface area contributed by atoms with Gasteiger partial charge >= 0.3 is 5.69 Å². The average molecular weight is 329 g/mol. The molecular formula is C16H19N5O3. The Balaban J connectivity index is 1.86. The Bertz CT molecular complexity index is 772. The Hall–Kier alpha value is -2.90. The highest BCUT2D eigenvalue weighted by Gasteiger charge is 2.33. The van der Waals surface area contributed by atoms with E-state index in [-0.39, 0.29) is 17.4 Å². The molecule has 0 aliphatic carbocycles. The van der Waals surface area contributed by atoms with Gasteiger partial charge in [0.2, 0.25) is 11.7 Å². The number of carbonyl (C=O) groups excluding carboxylic acids is 1. The summed E-state index contributed by atoms with van der Waals surface area (Å²) in [6.07, 6.45) is 1.45. The Morgan fingerprint density at radius 3 is 2.71 bits per heavy atom. The van der Waals surface area contributed by atoms with Crippen LogP contribution in [0.3, 0.4) is 0 Å². The molecule has 2 aromatic rings. The zero-order valence-electron chi connectivity index (χ0n) is 13.6. The molecule has 0 saturated carbocycles. The Morgan fingerprint density at radius 1 is 1.33 bits per heavy atom. The van der Waals surface area contributed by atoms with Gasteiger partial charge < -0.3 is 10.2 Å². The summed E-state index contributed by atoms with van der Waals surface area (Å²) in [5.74, 6) is 0.186. The lowest BCUT2D eigenvalue weighted by Crippen LogP contribution is -2.48. The number of nitrogens with one attached hydrogen (secondary N) is 1. The number of aryl methyl sites for hydroxylation is 2. The number of hydrogen-bond acceptors (Lipinski definition) is 5. The third-order valence-corrected chi connectivity index (χ3v) is 4.19. The molecule has 1 amide bonds. The van der Waals surface area contributed by atoms with Crippen molar-refractivity contribution in [3.05, 3.63) is 46.1 Å². The van der Waals surface area contributed by atoms with Crippen LogP contribution in [0.4, 0.5) is 17.2 Å². The lowest BCUT2D eigenvalue weighted by atomic mass is 10.0. The van der Waals surface area contributed by atoms with Gasteiger partial charge in [0.25, 0.3) is 0 Å². The Morgan fingerprint density at radius 2 is 2.04 bits per heavy atom. The van der Waals surface area contributed by atoms with Crippen LogP contribution in [0.2, 0.25) is 0 Å². The first kappa shape index (κ1) is 16.0. The summed E-state index contributed by atoms with van der Waals surface area (Å²) in [5.41, 5.74) is 1.08. The number of aromatic nitrogens is 2. The van der Waals surface area contributed by atoms with Gasteiger partial charge in [-0.3, -0.25) is 14.9 Å². The van der Waals surface area contributed by atoms with E-state index in [0.717, 1.165) is 12.1 Å². The van der Waals surface area contributed by atoms with E-state index < -0.39 is 11.0 Å². The van der Waals surface area contributed by atoms with Crippen LogP contribution in [0.1, 0.15) is 18.5 Å². The molecule has 0 spiro atoms. The number of para-hydroxylation sites is 1. The van der Waals surface area contributed by atoms with Gasteiger partial charge in [0.15, 0.2) is 0 Å². The number of nitrogens with zero attached hydrogens (tertiary/aromatic N) is 4. The molecule has 8 nitrogen and oxygen atoms in total. The first-order valence-electron chi connectivity index (χ1n) is 7.80. The normalized spacial score (nSPS) is 17.8. The topological polar surface area (TPSA) is 93.3 Å². The number of piperidine rings is 1. The van der Waals surface area contributed by atoms with Gasteiger partial charge in [-0.25, -0.2) is 4.68 Å². The highest BCUT2D eigenvalue weighted by molar-refractivity contribution is 5.99. The quantitative estimate of drug-likeness (QED) is 0.686. The highest BCUT2D eigenvalue weighted by atomic mass is 16.6. The summed E-state index contributed by atoms with van der Waals surface area (Å²) in [5, 5.41) is 18.4. The van der Waals surface area contributed by atoms with Crippen molar-refractivity contribution in [2.45, 2.75) is 25.8 Å². The number of benzene rings is 1. The number of amides is 1. The first-order valence-corrected chi connectivity index (χ1v) is 7.80. The van der Waals surface area contributed by atoms with Crippen LogP contribution in [0.25, 0.3) is 0 Å². The van der Waals surface area contributed by atoms with Gasteiger partial charge in [0, 0.05) is 19.3 Å². The van der Waals surface area contributed by atoms with Crippen molar-refractivity contribution in [2.75, 3.05) is 16.8 Å². The lowest BCUT2D eigenvalue weighted by Gasteiger charge is -2.32. The minimum Gasteiger partial charge on any atom is -0.353 e. The Kier molecular flexibility index (Phi) is 4.20. The molecule has 1 saturated heterocycles. The molecule has 3 rings (SSSR count). The predicted molar refractivity (Wildman–Crippen MR) is 90.0 cm³/mol. The van der Waals surface area contributed by atoms with Crippen molar-refractivity contribution in [2.24, 2.45) is 7.05 Å². The second kappa shape index (κ2) is 6.31. The summed E-state index contributed by atoms with van der Waals surface area (Å²) in [6.45, 7) is 2.23. The summed E-state index contributed by atoms with van der Waals surface area (Å²) in [7, 11) is 1.63. The fourth-order valence-electron chi connectivity index (χ4n) is 3.07. The molecule has 1 aliphatic rings. The first-order chi connectivity index (χ1) is 11.5. The largest absolute Gasteiger partial charge is 0.353 e. The van der Waals surface area contributed by atoms with Crippen molar-refractivity contribution < 1.29 is 9.72 Å². The third kappa shape index (κ3) is 2.82. The molecule has 1 fully saturated rings. The van der Waals surface area contributed by atoms with Crippen LogP contribution >= 0.6 is 0 Å². The van der Waals surface area contributed by atoms with E-state index in [1.54, 1.807) is 18.9 Å². The molecule has 0 bridgehead atoms. The maximum Gasteiger partial charge on any atom is 0.333 e. The molecule has 1 N–H and O–H groups in total. The van der Waals surface area contributed by atoms with Crippen LogP contribution in [-0.4, -0.2) is 33.2 Å². The molecule has 8 heteroatoms. The summed E-state index contributed by atoms with van der Waals surface area (Å²) < 4.78 is 1.42. The standard InChI is InChI=1S/C16H19N5O3/c1-11-14(21(23)24)15(19(2)18-11)17-13-9-6-10-20(16(13)22)12-7-4-3-5-8-12/h3-5,7-8,13,17H,6,9-10H2,1-2H3. The molecule has 1 aliphatic heterocycles. The van der Waals surface area contributed by atoms with E-state index in [1.165, 1.54) is 4.68 Å². The lowest BCUT2D eigenvalue weighted by molar-refractivity contribution is -0.384. The van der Waals surface area contributed by atoms with E-state index >= 15 is 0 Å². The van der Waals surface area contributed by atoms with E-state index in [9.17, 15) is 14.9 Å². The maximum absolute atomic E-state index is 12.8. The molecule has 24 heavy (non-hydrogen) atoms. The Labute approximate surface area is 139 Å². The molecule has 1 unspecified atom stereocenters. The summed E-state index contributed by atoms with van der Waals surface area (Å²) in [4.78, 5) is 25.3. The summed E-state index contributed by atoms with van der Waals surface area (Å²) >= 11 is 0. The number of anilines is 2. The highest BCUT2D eigenvalue weighted by Crippen LogP contribution is 2.30. The molecule has 0 radical (unpaired) electrons. The molecule has 126 valence electrons. The van der Waals surface area contributed by atoms with Gasteiger partial charge in [-0.2, -0.15) is 5.10 Å². The van der Waals surface area contributed by atoms with Gasteiger partial charge in [-0.15, -0.1) is 0 Å². The van der Waals surface area contributed by atoms with Crippen LogP contribution in [0.15, 0.2) is 30.3 Å². The van der Waals surface area contributed by atoms with Crippen LogP contribution < -0.4 is 10.2 Å². The van der Waals surface area contributed by atoms with Crippen LogP contribution in [-0.2, 0) is 11.8 Å². The molecular weight excluding hydrogens is 310 g/mol. The fourth-order valence-corrected chi connectivity index (χ4v) is 3.07. The summed E-state index contributed by atoms with van der Waals surface area (Å²) in [6, 6.07) is 8.93. The number of carbonyl (C=O) groups is 1.